The number of piperidine rings is 1. The lowest BCUT2D eigenvalue weighted by molar-refractivity contribution is -0.253. The molecule has 8 atom stereocenters. The van der Waals surface area contributed by atoms with Gasteiger partial charge in [0.2, 0.25) is 5.91 Å². The summed E-state index contributed by atoms with van der Waals surface area (Å²) in [7, 11) is 0. The summed E-state index contributed by atoms with van der Waals surface area (Å²) < 4.78 is 41.6. The van der Waals surface area contributed by atoms with E-state index < -0.39 is 66.2 Å². The summed E-state index contributed by atoms with van der Waals surface area (Å²) in [5.41, 5.74) is 3.44. The Labute approximate surface area is 382 Å². The number of ether oxygens (including phenoxy) is 7. The number of esters is 4. The van der Waals surface area contributed by atoms with E-state index in [0.717, 1.165) is 30.7 Å². The van der Waals surface area contributed by atoms with E-state index in [2.05, 4.69) is 20.4 Å². The number of hydrogen-bond acceptors (Lipinski definition) is 16. The maximum atomic E-state index is 13.4. The number of amides is 1. The van der Waals surface area contributed by atoms with Crippen LogP contribution in [-0.2, 0) is 63.7 Å². The third-order valence-electron chi connectivity index (χ3n) is 12.1. The molecule has 65 heavy (non-hydrogen) atoms. The third-order valence-corrected chi connectivity index (χ3v) is 12.3. The van der Waals surface area contributed by atoms with Gasteiger partial charge in [0.1, 0.15) is 24.4 Å². The molecule has 0 aliphatic carbocycles. The van der Waals surface area contributed by atoms with Crippen LogP contribution in [0.2, 0.25) is 0 Å². The quantitative estimate of drug-likeness (QED) is 0.117. The average Bonchev–Trinajstić information content (AvgIpc) is 3.59. The fourth-order valence-corrected chi connectivity index (χ4v) is 9.38. The monoisotopic (exact) mass is 916 g/mol. The summed E-state index contributed by atoms with van der Waals surface area (Å²) in [5, 5.41) is 16.0. The molecule has 3 aromatic rings. The summed E-state index contributed by atoms with van der Waals surface area (Å²) in [5.74, 6) is -2.72. The number of nitrogens with one attached hydrogen (secondary N) is 2. The van der Waals surface area contributed by atoms with Gasteiger partial charge >= 0.3 is 23.9 Å². The van der Waals surface area contributed by atoms with Crippen LogP contribution in [0.15, 0.2) is 78.9 Å². The normalized spacial score (nSPS) is 26.4. The minimum atomic E-state index is -1.32. The summed E-state index contributed by atoms with van der Waals surface area (Å²) in [6.45, 7) is 6.78. The van der Waals surface area contributed by atoms with E-state index in [-0.39, 0.29) is 42.7 Å². The number of para-hydroxylation sites is 1. The number of benzene rings is 3. The second-order valence-electron chi connectivity index (χ2n) is 16.7. The molecule has 1 unspecified atom stereocenters. The van der Waals surface area contributed by atoms with Crippen LogP contribution < -0.4 is 15.5 Å². The zero-order valence-corrected chi connectivity index (χ0v) is 37.7. The van der Waals surface area contributed by atoms with Crippen molar-refractivity contribution in [3.05, 3.63) is 95.6 Å². The van der Waals surface area contributed by atoms with Crippen LogP contribution in [-0.4, -0.2) is 120 Å². The molecule has 4 heterocycles. The minimum absolute atomic E-state index is 0.0507. The molecule has 7 rings (SSSR count). The van der Waals surface area contributed by atoms with Gasteiger partial charge in [-0.3, -0.25) is 24.0 Å². The number of nitrogens with zero attached hydrogens (tertiary/aromatic N) is 2. The fourth-order valence-electron chi connectivity index (χ4n) is 9.10. The van der Waals surface area contributed by atoms with E-state index in [1.165, 1.54) is 13.8 Å². The second-order valence-corrected chi connectivity index (χ2v) is 17.2. The Kier molecular flexibility index (Phi) is 15.5. The summed E-state index contributed by atoms with van der Waals surface area (Å²) >= 11 is 5.82. The second kappa shape index (κ2) is 21.2. The van der Waals surface area contributed by atoms with Crippen molar-refractivity contribution in [3.63, 3.8) is 0 Å². The van der Waals surface area contributed by atoms with Crippen molar-refractivity contribution in [2.45, 2.75) is 115 Å². The molecule has 1 amide bonds. The maximum Gasteiger partial charge on any atom is 0.303 e. The van der Waals surface area contributed by atoms with Crippen LogP contribution in [0.25, 0.3) is 0 Å². The van der Waals surface area contributed by atoms with Gasteiger partial charge in [-0.15, -0.1) is 0 Å². The van der Waals surface area contributed by atoms with Gasteiger partial charge in [-0.25, -0.2) is 0 Å². The van der Waals surface area contributed by atoms with Crippen molar-refractivity contribution in [2.24, 2.45) is 0 Å². The van der Waals surface area contributed by atoms with Gasteiger partial charge in [-0.05, 0) is 48.2 Å². The minimum Gasteiger partial charge on any atom is -0.463 e. The number of rotatable bonds is 14. The SMILES string of the molecule is CC(=O)OC[C@H]1O[C@@H](CC(=S)Nc2cccc(C3O[C@H](CN4CCC5(CC4)C(=O)NCN5c4ccccc4)C[C@H](c4ccc(CO)cc4)O3)c2)[C@H](OC(C)=O)[C@@H](OC(C)=O)[C@@H]1OC(C)=O. The highest BCUT2D eigenvalue weighted by Crippen LogP contribution is 2.41. The first-order valence-corrected chi connectivity index (χ1v) is 22.2. The zero-order chi connectivity index (χ0) is 46.3. The number of carbonyl (C=O) groups excluding carboxylic acids is 5. The van der Waals surface area contributed by atoms with Gasteiger partial charge in [-0.1, -0.05) is 66.8 Å². The number of hydrogen-bond donors (Lipinski definition) is 3. The molecule has 17 nitrogen and oxygen atoms in total. The molecule has 4 aliphatic rings. The molecule has 0 bridgehead atoms. The van der Waals surface area contributed by atoms with Gasteiger partial charge in [0, 0.05) is 77.1 Å². The van der Waals surface area contributed by atoms with Gasteiger partial charge in [0.05, 0.1) is 30.5 Å². The van der Waals surface area contributed by atoms with E-state index in [4.69, 9.17) is 45.4 Å². The van der Waals surface area contributed by atoms with Crippen molar-refractivity contribution in [2.75, 3.05) is 43.1 Å². The molecule has 3 aromatic carbocycles. The first-order valence-electron chi connectivity index (χ1n) is 21.8. The lowest BCUT2D eigenvalue weighted by atomic mass is 9.85. The highest BCUT2D eigenvalue weighted by Gasteiger charge is 2.53. The highest BCUT2D eigenvalue weighted by molar-refractivity contribution is 7.80. The number of aliphatic hydroxyl groups excluding tert-OH is 1. The van der Waals surface area contributed by atoms with Crippen LogP contribution in [0.3, 0.4) is 0 Å². The van der Waals surface area contributed by atoms with E-state index in [1.54, 1.807) is 0 Å². The van der Waals surface area contributed by atoms with Crippen LogP contribution in [0.5, 0.6) is 0 Å². The molecule has 4 fully saturated rings. The van der Waals surface area contributed by atoms with Crippen molar-refractivity contribution < 1.29 is 62.2 Å². The van der Waals surface area contributed by atoms with Crippen molar-refractivity contribution in [3.8, 4) is 0 Å². The van der Waals surface area contributed by atoms with Crippen molar-refractivity contribution in [1.29, 1.82) is 0 Å². The smallest absolute Gasteiger partial charge is 0.303 e. The van der Waals surface area contributed by atoms with Gasteiger partial charge < -0.3 is 58.7 Å². The highest BCUT2D eigenvalue weighted by atomic mass is 32.1. The predicted octanol–water partition coefficient (Wildman–Crippen LogP) is 4.41. The number of thiocarbonyl (C=S) groups is 1. The average molecular weight is 917 g/mol. The zero-order valence-electron chi connectivity index (χ0n) is 36.8. The first kappa shape index (κ1) is 47.5. The lowest BCUT2D eigenvalue weighted by Crippen LogP contribution is -2.62. The van der Waals surface area contributed by atoms with Gasteiger partial charge in [0.25, 0.3) is 0 Å². The van der Waals surface area contributed by atoms with Crippen LogP contribution in [0.1, 0.15) is 82.5 Å². The Bertz CT molecular complexity index is 2190. The van der Waals surface area contributed by atoms with Crippen LogP contribution in [0, 0.1) is 0 Å². The third kappa shape index (κ3) is 11.7. The molecule has 1 spiro atoms. The first-order chi connectivity index (χ1) is 31.2. The van der Waals surface area contributed by atoms with E-state index >= 15 is 0 Å². The topological polar surface area (TPSA) is 201 Å². The number of anilines is 2. The number of carbonyl (C=O) groups is 5. The van der Waals surface area contributed by atoms with Crippen molar-refractivity contribution in [1.82, 2.24) is 10.2 Å². The standard InChI is InChI=1S/C47H56N4O13S/c1-28(53)58-26-40-43(60-30(3)55)44(61-31(4)56)42(59-29(2)54)39(63-40)23-41(65)49-35-10-8-9-34(21-35)45-62-37(22-38(64-45)33-15-13-32(25-52)14-16-33)24-50-19-17-47(18-20-50)46(57)48-27-51(47)36-11-6-5-7-12-36/h5-16,21,37-40,42-45,52H,17-20,22-27H2,1-4H3,(H,48,57)(H,49,65)/t37-,38+,39-,40+,42-,43+,44+,45?/m0/s1. The van der Waals surface area contributed by atoms with E-state index in [0.29, 0.717) is 56.8 Å². The molecular weight excluding hydrogens is 861 g/mol. The largest absolute Gasteiger partial charge is 0.463 e. The fraction of sp³-hybridized carbons (Fsp3) is 0.489. The summed E-state index contributed by atoms with van der Waals surface area (Å²) in [4.78, 5) is 66.9. The summed E-state index contributed by atoms with van der Waals surface area (Å²) in [6.07, 6.45) is -5.49. The van der Waals surface area contributed by atoms with Crippen LogP contribution >= 0.6 is 12.2 Å². The maximum absolute atomic E-state index is 13.4. The Morgan fingerprint density at radius 3 is 2.11 bits per heavy atom. The Hall–Kier alpha value is -5.50. The molecular formula is C47H56N4O13S. The molecule has 4 aliphatic heterocycles. The molecule has 3 N–H and O–H groups in total. The predicted molar refractivity (Wildman–Crippen MR) is 238 cm³/mol. The number of aliphatic hydroxyl groups is 1. The number of likely N-dealkylation sites (tertiary alicyclic amines) is 1. The Morgan fingerprint density at radius 2 is 1.46 bits per heavy atom. The van der Waals surface area contributed by atoms with Crippen molar-refractivity contribution >= 4 is 58.4 Å². The molecule has 0 aromatic heterocycles. The molecule has 0 radical (unpaired) electrons. The van der Waals surface area contributed by atoms with Gasteiger partial charge in [0.15, 0.2) is 24.6 Å². The Balaban J connectivity index is 1.07. The molecule has 18 heteroatoms. The van der Waals surface area contributed by atoms with Gasteiger partial charge in [-0.2, -0.15) is 0 Å². The summed E-state index contributed by atoms with van der Waals surface area (Å²) in [6, 6.07) is 25.1. The molecule has 348 valence electrons. The van der Waals surface area contributed by atoms with E-state index in [9.17, 15) is 29.1 Å². The molecule has 0 saturated carbocycles. The Morgan fingerprint density at radius 1 is 0.800 bits per heavy atom. The van der Waals surface area contributed by atoms with E-state index in [1.807, 2.05) is 78.9 Å². The molecule has 4 saturated heterocycles. The lowest BCUT2D eigenvalue weighted by Gasteiger charge is -2.45. The van der Waals surface area contributed by atoms with Crippen LogP contribution in [0.4, 0.5) is 11.4 Å².